The van der Waals surface area contributed by atoms with E-state index >= 15 is 0 Å². The van der Waals surface area contributed by atoms with E-state index in [-0.39, 0.29) is 24.4 Å². The van der Waals surface area contributed by atoms with Gasteiger partial charge in [-0.2, -0.15) is 0 Å². The number of anilines is 1. The molecule has 0 bridgehead atoms. The second-order valence-electron chi connectivity index (χ2n) is 6.73. The van der Waals surface area contributed by atoms with E-state index in [1.807, 2.05) is 32.0 Å². The van der Waals surface area contributed by atoms with Gasteiger partial charge in [-0.1, -0.05) is 17.7 Å². The third-order valence-electron chi connectivity index (χ3n) is 4.61. The number of amides is 1. The average Bonchev–Trinajstić information content (AvgIpc) is 3.01. The zero-order valence-corrected chi connectivity index (χ0v) is 15.2. The SMILES string of the molecule is Cc1ccc(N2C[C@@H](C(=O)OCC(=O)c3ccc(F)cc3)CC2=O)c(C)c1. The number of nitrogens with zero attached hydrogens (tertiary/aromatic N) is 1. The quantitative estimate of drug-likeness (QED) is 0.600. The highest BCUT2D eigenvalue weighted by atomic mass is 19.1. The van der Waals surface area contributed by atoms with Gasteiger partial charge >= 0.3 is 5.97 Å². The number of ketones is 1. The van der Waals surface area contributed by atoms with Gasteiger partial charge in [0.25, 0.3) is 0 Å². The van der Waals surface area contributed by atoms with Crippen LogP contribution >= 0.6 is 0 Å². The molecule has 27 heavy (non-hydrogen) atoms. The van der Waals surface area contributed by atoms with Crippen LogP contribution in [0.15, 0.2) is 42.5 Å². The molecule has 0 N–H and O–H groups in total. The summed E-state index contributed by atoms with van der Waals surface area (Å²) in [5, 5.41) is 0. The number of carbonyl (C=O) groups is 3. The van der Waals surface area contributed by atoms with Crippen molar-refractivity contribution in [3.63, 3.8) is 0 Å². The van der Waals surface area contributed by atoms with Gasteiger partial charge in [0, 0.05) is 24.2 Å². The molecule has 0 aromatic heterocycles. The van der Waals surface area contributed by atoms with Crippen molar-refractivity contribution < 1.29 is 23.5 Å². The van der Waals surface area contributed by atoms with Gasteiger partial charge in [0.2, 0.25) is 5.91 Å². The maximum atomic E-state index is 12.9. The molecule has 0 saturated carbocycles. The molecule has 140 valence electrons. The summed E-state index contributed by atoms with van der Waals surface area (Å²) < 4.78 is 18.0. The van der Waals surface area contributed by atoms with Gasteiger partial charge in [-0.15, -0.1) is 0 Å². The predicted molar refractivity (Wildman–Crippen MR) is 98.1 cm³/mol. The Labute approximate surface area is 156 Å². The molecule has 1 aliphatic heterocycles. The summed E-state index contributed by atoms with van der Waals surface area (Å²) in [6.07, 6.45) is 0.0525. The first kappa shape index (κ1) is 18.8. The summed E-state index contributed by atoms with van der Waals surface area (Å²) in [4.78, 5) is 38.2. The zero-order chi connectivity index (χ0) is 19.6. The molecule has 0 spiro atoms. The second-order valence-corrected chi connectivity index (χ2v) is 6.73. The van der Waals surface area contributed by atoms with Crippen LogP contribution in [0.3, 0.4) is 0 Å². The van der Waals surface area contributed by atoms with Gasteiger partial charge in [-0.25, -0.2) is 4.39 Å². The third kappa shape index (κ3) is 4.22. The lowest BCUT2D eigenvalue weighted by Gasteiger charge is -2.19. The van der Waals surface area contributed by atoms with Crippen molar-refractivity contribution in [1.29, 1.82) is 0 Å². The number of esters is 1. The number of aryl methyl sites for hydroxylation is 2. The normalized spacial score (nSPS) is 16.5. The van der Waals surface area contributed by atoms with Crippen molar-refractivity contribution >= 4 is 23.3 Å². The smallest absolute Gasteiger partial charge is 0.311 e. The van der Waals surface area contributed by atoms with Crippen molar-refractivity contribution in [1.82, 2.24) is 0 Å². The minimum Gasteiger partial charge on any atom is -0.457 e. The molecule has 2 aromatic carbocycles. The number of rotatable bonds is 5. The maximum Gasteiger partial charge on any atom is 0.311 e. The zero-order valence-electron chi connectivity index (χ0n) is 15.2. The van der Waals surface area contributed by atoms with Crippen LogP contribution < -0.4 is 4.90 Å². The van der Waals surface area contributed by atoms with E-state index in [2.05, 4.69) is 0 Å². The topological polar surface area (TPSA) is 63.7 Å². The Kier molecular flexibility index (Phi) is 5.35. The summed E-state index contributed by atoms with van der Waals surface area (Å²) in [5.74, 6) is -2.20. The Hall–Kier alpha value is -3.02. The predicted octanol–water partition coefficient (Wildman–Crippen LogP) is 3.22. The van der Waals surface area contributed by atoms with Crippen LogP contribution in [0.2, 0.25) is 0 Å². The van der Waals surface area contributed by atoms with E-state index in [1.165, 1.54) is 24.3 Å². The minimum absolute atomic E-state index is 0.0525. The molecule has 1 heterocycles. The Bertz CT molecular complexity index is 892. The Balaban J connectivity index is 1.60. The van der Waals surface area contributed by atoms with E-state index in [0.717, 1.165) is 16.8 Å². The van der Waals surface area contributed by atoms with Gasteiger partial charge in [-0.3, -0.25) is 14.4 Å². The molecule has 0 unspecified atom stereocenters. The first-order chi connectivity index (χ1) is 12.8. The van der Waals surface area contributed by atoms with Crippen LogP contribution in [0.25, 0.3) is 0 Å². The average molecular weight is 369 g/mol. The van der Waals surface area contributed by atoms with Crippen molar-refractivity contribution in [3.8, 4) is 0 Å². The largest absolute Gasteiger partial charge is 0.457 e. The van der Waals surface area contributed by atoms with Crippen molar-refractivity contribution in [3.05, 3.63) is 65.0 Å². The first-order valence-electron chi connectivity index (χ1n) is 8.68. The number of hydrogen-bond acceptors (Lipinski definition) is 4. The van der Waals surface area contributed by atoms with Crippen LogP contribution in [-0.4, -0.2) is 30.8 Å². The fraction of sp³-hybridized carbons (Fsp3) is 0.286. The van der Waals surface area contributed by atoms with Crippen molar-refractivity contribution in [2.24, 2.45) is 5.92 Å². The van der Waals surface area contributed by atoms with E-state index in [4.69, 9.17) is 4.74 Å². The lowest BCUT2D eigenvalue weighted by atomic mass is 10.1. The minimum atomic E-state index is -0.612. The molecule has 1 fully saturated rings. The van der Waals surface area contributed by atoms with Crippen LogP contribution in [0.5, 0.6) is 0 Å². The van der Waals surface area contributed by atoms with Gasteiger partial charge in [0.05, 0.1) is 5.92 Å². The van der Waals surface area contributed by atoms with Crippen molar-refractivity contribution in [2.75, 3.05) is 18.1 Å². The first-order valence-corrected chi connectivity index (χ1v) is 8.68. The van der Waals surface area contributed by atoms with E-state index < -0.39 is 30.1 Å². The lowest BCUT2D eigenvalue weighted by molar-refractivity contribution is -0.147. The Morgan fingerprint density at radius 2 is 1.85 bits per heavy atom. The summed E-state index contributed by atoms with van der Waals surface area (Å²) in [6.45, 7) is 3.69. The fourth-order valence-electron chi connectivity index (χ4n) is 3.18. The third-order valence-corrected chi connectivity index (χ3v) is 4.61. The second kappa shape index (κ2) is 7.70. The highest BCUT2D eigenvalue weighted by molar-refractivity contribution is 6.01. The van der Waals surface area contributed by atoms with Gasteiger partial charge < -0.3 is 9.64 Å². The lowest BCUT2D eigenvalue weighted by Crippen LogP contribution is -2.27. The highest BCUT2D eigenvalue weighted by Gasteiger charge is 2.36. The van der Waals surface area contributed by atoms with Crippen LogP contribution in [0.4, 0.5) is 10.1 Å². The Morgan fingerprint density at radius 3 is 2.52 bits per heavy atom. The monoisotopic (exact) mass is 369 g/mol. The van der Waals surface area contributed by atoms with E-state index in [1.54, 1.807) is 4.90 Å². The maximum absolute atomic E-state index is 12.9. The number of hydrogen-bond donors (Lipinski definition) is 0. The molecule has 1 amide bonds. The Morgan fingerprint density at radius 1 is 1.15 bits per heavy atom. The van der Waals surface area contributed by atoms with Crippen LogP contribution in [0.1, 0.15) is 27.9 Å². The standard InChI is InChI=1S/C21H20FNO4/c1-13-3-8-18(14(2)9-13)23-11-16(10-20(23)25)21(26)27-12-19(24)15-4-6-17(22)7-5-15/h3-9,16H,10-12H2,1-2H3/t16-/m0/s1. The van der Waals surface area contributed by atoms with Gasteiger partial charge in [-0.05, 0) is 49.7 Å². The summed E-state index contributed by atoms with van der Waals surface area (Å²) >= 11 is 0. The summed E-state index contributed by atoms with van der Waals surface area (Å²) in [6, 6.07) is 10.8. The molecular weight excluding hydrogens is 349 g/mol. The molecule has 1 aliphatic rings. The molecule has 0 radical (unpaired) electrons. The van der Waals surface area contributed by atoms with Crippen molar-refractivity contribution in [2.45, 2.75) is 20.3 Å². The highest BCUT2D eigenvalue weighted by Crippen LogP contribution is 2.29. The molecule has 5 nitrogen and oxygen atoms in total. The molecular formula is C21H20FNO4. The van der Waals surface area contributed by atoms with E-state index in [0.29, 0.717) is 0 Å². The van der Waals surface area contributed by atoms with Crippen LogP contribution in [-0.2, 0) is 14.3 Å². The number of carbonyl (C=O) groups excluding carboxylic acids is 3. The molecule has 1 saturated heterocycles. The number of ether oxygens (including phenoxy) is 1. The molecule has 1 atom stereocenters. The molecule has 3 rings (SSSR count). The molecule has 6 heteroatoms. The summed E-state index contributed by atoms with van der Waals surface area (Å²) in [7, 11) is 0. The molecule has 2 aromatic rings. The van der Waals surface area contributed by atoms with Gasteiger partial charge in [0.15, 0.2) is 12.4 Å². The van der Waals surface area contributed by atoms with E-state index in [9.17, 15) is 18.8 Å². The number of halogens is 1. The molecule has 0 aliphatic carbocycles. The van der Waals surface area contributed by atoms with Crippen LogP contribution in [0, 0.1) is 25.6 Å². The summed E-state index contributed by atoms with van der Waals surface area (Å²) in [5.41, 5.74) is 3.11. The number of Topliss-reactive ketones (excluding diaryl/α,β-unsaturated/α-hetero) is 1. The van der Waals surface area contributed by atoms with Gasteiger partial charge in [0.1, 0.15) is 5.82 Å². The number of benzene rings is 2. The fourth-order valence-corrected chi connectivity index (χ4v) is 3.18.